The van der Waals surface area contributed by atoms with Crippen molar-refractivity contribution in [2.75, 3.05) is 45.3 Å². The van der Waals surface area contributed by atoms with Crippen LogP contribution in [-0.4, -0.2) is 70.7 Å². The summed E-state index contributed by atoms with van der Waals surface area (Å²) < 4.78 is 26.3. The van der Waals surface area contributed by atoms with Crippen LogP contribution >= 0.6 is 11.6 Å². The van der Waals surface area contributed by atoms with Gasteiger partial charge in [-0.3, -0.25) is 4.79 Å². The molecule has 0 atom stereocenters. The zero-order valence-corrected chi connectivity index (χ0v) is 21.2. The first kappa shape index (κ1) is 24.9. The monoisotopic (exact) mass is 524 g/mol. The van der Waals surface area contributed by atoms with Crippen LogP contribution in [0, 0.1) is 12.7 Å². The van der Waals surface area contributed by atoms with Gasteiger partial charge in [-0.15, -0.1) is 0 Å². The molecule has 0 unspecified atom stereocenters. The molecule has 192 valence electrons. The van der Waals surface area contributed by atoms with Gasteiger partial charge in [-0.25, -0.2) is 19.3 Å². The third kappa shape index (κ3) is 4.94. The van der Waals surface area contributed by atoms with Gasteiger partial charge in [0.2, 0.25) is 0 Å². The Kier molecular flexibility index (Phi) is 7.20. The number of benzene rings is 2. The predicted octanol–water partition coefficient (Wildman–Crippen LogP) is 4.26. The van der Waals surface area contributed by atoms with Crippen LogP contribution in [0.1, 0.15) is 21.5 Å². The van der Waals surface area contributed by atoms with E-state index < -0.39 is 5.82 Å². The third-order valence-electron chi connectivity index (χ3n) is 6.45. The van der Waals surface area contributed by atoms with E-state index in [0.29, 0.717) is 72.6 Å². The van der Waals surface area contributed by atoms with Crippen molar-refractivity contribution in [2.24, 2.45) is 0 Å². The van der Waals surface area contributed by atoms with Crippen LogP contribution in [0.25, 0.3) is 22.3 Å². The fraction of sp³-hybridized carbons (Fsp3) is 0.308. The van der Waals surface area contributed by atoms with Crippen LogP contribution < -0.4 is 10.1 Å². The van der Waals surface area contributed by atoms with E-state index in [1.165, 1.54) is 18.5 Å². The lowest BCUT2D eigenvalue weighted by Gasteiger charge is -2.27. The minimum absolute atomic E-state index is 0.0312. The lowest BCUT2D eigenvalue weighted by Crippen LogP contribution is -2.41. The van der Waals surface area contributed by atoms with E-state index >= 15 is 4.39 Å². The van der Waals surface area contributed by atoms with Crippen molar-refractivity contribution in [3.05, 3.63) is 64.5 Å². The number of carbonyl (C=O) groups excluding carboxylic acids is 1. The quantitative estimate of drug-likeness (QED) is 0.372. The largest absolute Gasteiger partial charge is 0.496 e. The van der Waals surface area contributed by atoms with Crippen molar-refractivity contribution in [1.29, 1.82) is 0 Å². The molecular weight excluding hydrogens is 499 g/mol. The number of imidazole rings is 1. The molecule has 4 aromatic rings. The minimum atomic E-state index is -0.592. The molecule has 1 amide bonds. The number of anilines is 1. The number of aromatic nitrogens is 4. The van der Waals surface area contributed by atoms with E-state index in [-0.39, 0.29) is 11.5 Å². The van der Waals surface area contributed by atoms with Gasteiger partial charge in [0.1, 0.15) is 23.4 Å². The smallest absolute Gasteiger partial charge is 0.256 e. The van der Waals surface area contributed by atoms with Gasteiger partial charge in [0, 0.05) is 30.2 Å². The van der Waals surface area contributed by atoms with E-state index in [0.717, 1.165) is 16.6 Å². The van der Waals surface area contributed by atoms with Gasteiger partial charge in [-0.1, -0.05) is 17.7 Å². The zero-order valence-electron chi connectivity index (χ0n) is 20.5. The summed E-state index contributed by atoms with van der Waals surface area (Å²) in [5, 5.41) is 3.83. The van der Waals surface area contributed by atoms with Gasteiger partial charge >= 0.3 is 0 Å². The van der Waals surface area contributed by atoms with Crippen LogP contribution in [0.15, 0.2) is 36.9 Å². The summed E-state index contributed by atoms with van der Waals surface area (Å²) in [4.78, 5) is 30.0. The number of hydrogen-bond acceptors (Lipinski definition) is 7. The summed E-state index contributed by atoms with van der Waals surface area (Å²) in [6.45, 7) is 4.18. The number of nitrogens with zero attached hydrogens (tertiary/aromatic N) is 4. The van der Waals surface area contributed by atoms with Gasteiger partial charge in [-0.05, 0) is 48.2 Å². The van der Waals surface area contributed by atoms with Crippen LogP contribution in [-0.2, 0) is 11.2 Å². The molecule has 2 aromatic carbocycles. The fourth-order valence-electron chi connectivity index (χ4n) is 4.54. The van der Waals surface area contributed by atoms with Gasteiger partial charge in [-0.2, -0.15) is 0 Å². The van der Waals surface area contributed by atoms with Crippen molar-refractivity contribution in [3.63, 3.8) is 0 Å². The number of rotatable bonds is 7. The maximum absolute atomic E-state index is 15.2. The molecule has 1 fully saturated rings. The Morgan fingerprint density at radius 2 is 2.05 bits per heavy atom. The Morgan fingerprint density at radius 3 is 2.81 bits per heavy atom. The topological polar surface area (TPSA) is 105 Å². The summed E-state index contributed by atoms with van der Waals surface area (Å²) in [5.74, 6) is 0.309. The molecule has 0 saturated carbocycles. The lowest BCUT2D eigenvalue weighted by atomic mass is 9.94. The Hall–Kier alpha value is -3.76. The lowest BCUT2D eigenvalue weighted by molar-refractivity contribution is 0.0300. The second-order valence-corrected chi connectivity index (χ2v) is 9.06. The van der Waals surface area contributed by atoms with Crippen LogP contribution in [0.3, 0.4) is 0 Å². The summed E-state index contributed by atoms with van der Waals surface area (Å²) in [6, 6.07) is 6.48. The molecule has 2 N–H and O–H groups in total. The maximum Gasteiger partial charge on any atom is 0.256 e. The van der Waals surface area contributed by atoms with Crippen LogP contribution in [0.2, 0.25) is 5.02 Å². The molecule has 5 rings (SSSR count). The van der Waals surface area contributed by atoms with Gasteiger partial charge in [0.25, 0.3) is 5.91 Å². The molecule has 11 heteroatoms. The number of halogens is 2. The number of nitrogens with one attached hydrogen (secondary N) is 2. The molecule has 1 saturated heterocycles. The number of methoxy groups -OCH3 is 1. The minimum Gasteiger partial charge on any atom is -0.496 e. The highest BCUT2D eigenvalue weighted by atomic mass is 35.5. The van der Waals surface area contributed by atoms with Crippen molar-refractivity contribution in [1.82, 2.24) is 24.8 Å². The summed E-state index contributed by atoms with van der Waals surface area (Å²) in [7, 11) is 1.58. The Labute approximate surface area is 218 Å². The standard InChI is InChI=1S/C26H26ClFN6O3/c1-15-19(27)11-17(5-6-29-24-22-25(31-13-30-22)33-14-32-24)23(36-2)21(15)16-3-4-18(20(28)12-16)26(35)34-7-9-37-10-8-34/h3-4,11-14H,5-10H2,1-2H3,(H2,29,30,31,32,33). The van der Waals surface area contributed by atoms with E-state index in [9.17, 15) is 4.79 Å². The predicted molar refractivity (Wildman–Crippen MR) is 139 cm³/mol. The Morgan fingerprint density at radius 1 is 1.24 bits per heavy atom. The first-order valence-corrected chi connectivity index (χ1v) is 12.3. The number of hydrogen-bond donors (Lipinski definition) is 2. The molecule has 0 spiro atoms. The molecule has 37 heavy (non-hydrogen) atoms. The van der Waals surface area contributed by atoms with Gasteiger partial charge in [0.15, 0.2) is 11.5 Å². The van der Waals surface area contributed by atoms with Crippen molar-refractivity contribution < 1.29 is 18.7 Å². The second-order valence-electron chi connectivity index (χ2n) is 8.65. The normalized spacial score (nSPS) is 13.7. The molecule has 3 heterocycles. The van der Waals surface area contributed by atoms with E-state index in [1.807, 2.05) is 13.0 Å². The number of ether oxygens (including phenoxy) is 2. The highest BCUT2D eigenvalue weighted by Gasteiger charge is 2.23. The zero-order chi connectivity index (χ0) is 25.9. The van der Waals surface area contributed by atoms with Crippen molar-refractivity contribution in [3.8, 4) is 16.9 Å². The highest BCUT2D eigenvalue weighted by Crippen LogP contribution is 2.40. The number of carbonyl (C=O) groups is 1. The molecule has 0 bridgehead atoms. The van der Waals surface area contributed by atoms with Gasteiger partial charge < -0.3 is 24.7 Å². The van der Waals surface area contributed by atoms with Gasteiger partial charge in [0.05, 0.1) is 32.2 Å². The highest BCUT2D eigenvalue weighted by molar-refractivity contribution is 6.32. The average Bonchev–Trinajstić information content (AvgIpc) is 3.40. The van der Waals surface area contributed by atoms with Crippen LogP contribution in [0.5, 0.6) is 5.75 Å². The van der Waals surface area contributed by atoms with Crippen molar-refractivity contribution >= 4 is 34.5 Å². The molecule has 0 radical (unpaired) electrons. The van der Waals surface area contributed by atoms with E-state index in [2.05, 4.69) is 25.3 Å². The summed E-state index contributed by atoms with van der Waals surface area (Å²) >= 11 is 6.60. The fourth-order valence-corrected chi connectivity index (χ4v) is 4.77. The molecular formula is C26H26ClFN6O3. The third-order valence-corrected chi connectivity index (χ3v) is 6.85. The first-order chi connectivity index (χ1) is 18.0. The van der Waals surface area contributed by atoms with Crippen molar-refractivity contribution in [2.45, 2.75) is 13.3 Å². The number of fused-ring (bicyclic) bond motifs is 1. The SMILES string of the molecule is COc1c(CCNc2ncnc3nc[nH]c23)cc(Cl)c(C)c1-c1ccc(C(=O)N2CCOCC2)c(F)c1. The number of H-pyrrole nitrogens is 1. The van der Waals surface area contributed by atoms with Crippen LogP contribution in [0.4, 0.5) is 10.2 Å². The number of amides is 1. The van der Waals surface area contributed by atoms with E-state index in [1.54, 1.807) is 24.4 Å². The summed E-state index contributed by atoms with van der Waals surface area (Å²) in [6.07, 6.45) is 3.58. The molecule has 0 aliphatic carbocycles. The maximum atomic E-state index is 15.2. The molecule has 1 aliphatic rings. The van der Waals surface area contributed by atoms with E-state index in [4.69, 9.17) is 21.1 Å². The molecule has 2 aromatic heterocycles. The molecule has 1 aliphatic heterocycles. The second kappa shape index (κ2) is 10.7. The Balaban J connectivity index is 1.42. The number of aromatic amines is 1. The summed E-state index contributed by atoms with van der Waals surface area (Å²) in [5.41, 5.74) is 4.21. The first-order valence-electron chi connectivity index (χ1n) is 11.9. The Bertz CT molecular complexity index is 1450. The number of morpholine rings is 1. The average molecular weight is 525 g/mol. The molecule has 9 nitrogen and oxygen atoms in total.